The van der Waals surface area contributed by atoms with Crippen LogP contribution in [0, 0.1) is 23.2 Å². The minimum atomic E-state index is 0.147. The zero-order chi connectivity index (χ0) is 16.7. The van der Waals surface area contributed by atoms with E-state index in [4.69, 9.17) is 0 Å². The van der Waals surface area contributed by atoms with Crippen molar-refractivity contribution >= 4 is 11.6 Å². The van der Waals surface area contributed by atoms with E-state index in [-0.39, 0.29) is 5.91 Å². The zero-order valence-corrected chi connectivity index (χ0v) is 15.0. The first kappa shape index (κ1) is 15.9. The number of nitrogens with zero attached hydrogens (tertiary/aromatic N) is 2. The molecule has 0 unspecified atom stereocenters. The van der Waals surface area contributed by atoms with Crippen LogP contribution in [0.15, 0.2) is 24.5 Å². The molecule has 0 spiro atoms. The fourth-order valence-corrected chi connectivity index (χ4v) is 5.87. The third-order valence-corrected chi connectivity index (χ3v) is 6.54. The van der Waals surface area contributed by atoms with Gasteiger partial charge < -0.3 is 10.2 Å². The average Bonchev–Trinajstić information content (AvgIpc) is 2.52. The number of amides is 1. The second-order valence-corrected chi connectivity index (χ2v) is 8.82. The van der Waals surface area contributed by atoms with Crippen molar-refractivity contribution in [3.8, 4) is 0 Å². The molecule has 4 nitrogen and oxygen atoms in total. The second-order valence-electron chi connectivity index (χ2n) is 8.82. The molecule has 1 N–H and O–H groups in total. The van der Waals surface area contributed by atoms with Crippen LogP contribution < -0.4 is 14.8 Å². The Morgan fingerprint density at radius 1 is 1.12 bits per heavy atom. The van der Waals surface area contributed by atoms with Crippen LogP contribution in [0.2, 0.25) is 0 Å². The van der Waals surface area contributed by atoms with Gasteiger partial charge in [-0.25, -0.2) is 0 Å². The maximum Gasteiger partial charge on any atom is 0.286 e. The van der Waals surface area contributed by atoms with Gasteiger partial charge in [0.1, 0.15) is 0 Å². The van der Waals surface area contributed by atoms with Crippen LogP contribution in [0.25, 0.3) is 0 Å². The molecule has 0 aromatic carbocycles. The number of aromatic nitrogens is 1. The normalized spacial score (nSPS) is 33.5. The summed E-state index contributed by atoms with van der Waals surface area (Å²) in [6.45, 7) is 1.31. The quantitative estimate of drug-likeness (QED) is 0.843. The van der Waals surface area contributed by atoms with Gasteiger partial charge in [-0.1, -0.05) is 0 Å². The first-order valence-corrected chi connectivity index (χ1v) is 9.44. The summed E-state index contributed by atoms with van der Waals surface area (Å²) in [5.41, 5.74) is 1.57. The molecule has 1 aromatic rings. The van der Waals surface area contributed by atoms with E-state index in [2.05, 4.69) is 10.2 Å². The Labute approximate surface area is 145 Å². The summed E-state index contributed by atoms with van der Waals surface area (Å²) in [6, 6.07) is 4.10. The molecule has 1 aromatic heterocycles. The lowest BCUT2D eigenvalue weighted by molar-refractivity contribution is -0.684. The first-order valence-electron chi connectivity index (χ1n) is 9.44. The standard InChI is InChI=1S/C20H29N3O/c1-22(2)18-3-5-23(6-4-18)13-19(24)21-14-20-10-15-7-16(11-20)9-17(8-15)12-20/h3-6,15-17H,7-14H2,1-2H3/p+1. The SMILES string of the molecule is CN(C)c1cc[n+](CC(=O)NCC23CC4CC(CC(C4)C2)C3)cc1. The van der Waals surface area contributed by atoms with Gasteiger partial charge in [0.25, 0.3) is 5.91 Å². The third-order valence-electron chi connectivity index (χ3n) is 6.54. The van der Waals surface area contributed by atoms with E-state index in [0.717, 1.165) is 30.0 Å². The Bertz CT molecular complexity index is 573. The van der Waals surface area contributed by atoms with Crippen LogP contribution in [-0.2, 0) is 11.3 Å². The van der Waals surface area contributed by atoms with Gasteiger partial charge in [-0.2, -0.15) is 4.57 Å². The Balaban J connectivity index is 1.32. The van der Waals surface area contributed by atoms with Gasteiger partial charge in [-0.3, -0.25) is 4.79 Å². The Morgan fingerprint density at radius 3 is 2.17 bits per heavy atom. The summed E-state index contributed by atoms with van der Waals surface area (Å²) >= 11 is 0. The highest BCUT2D eigenvalue weighted by Gasteiger charge is 2.50. The van der Waals surface area contributed by atoms with Gasteiger partial charge in [0, 0.05) is 38.5 Å². The lowest BCUT2D eigenvalue weighted by Gasteiger charge is -2.56. The number of hydrogen-bond acceptors (Lipinski definition) is 2. The molecule has 4 bridgehead atoms. The molecule has 0 aliphatic heterocycles. The molecule has 5 rings (SSSR count). The van der Waals surface area contributed by atoms with Gasteiger partial charge in [0.2, 0.25) is 6.54 Å². The summed E-state index contributed by atoms with van der Waals surface area (Å²) in [5, 5.41) is 3.26. The van der Waals surface area contributed by atoms with Gasteiger partial charge >= 0.3 is 0 Å². The predicted molar refractivity (Wildman–Crippen MR) is 94.6 cm³/mol. The monoisotopic (exact) mass is 328 g/mol. The first-order chi connectivity index (χ1) is 11.5. The highest BCUT2D eigenvalue weighted by atomic mass is 16.1. The van der Waals surface area contributed by atoms with Crippen LogP contribution in [0.4, 0.5) is 5.69 Å². The van der Waals surface area contributed by atoms with E-state index in [1.807, 2.05) is 43.2 Å². The zero-order valence-electron chi connectivity index (χ0n) is 15.0. The van der Waals surface area contributed by atoms with Crippen LogP contribution in [0.5, 0.6) is 0 Å². The van der Waals surface area contributed by atoms with Crippen molar-refractivity contribution in [1.82, 2.24) is 5.32 Å². The molecule has 0 atom stereocenters. The Hall–Kier alpha value is -1.58. The van der Waals surface area contributed by atoms with Crippen LogP contribution in [-0.4, -0.2) is 26.5 Å². The molecule has 4 aliphatic carbocycles. The largest absolute Gasteiger partial charge is 0.377 e. The topological polar surface area (TPSA) is 36.2 Å². The van der Waals surface area contributed by atoms with E-state index in [9.17, 15) is 4.79 Å². The van der Waals surface area contributed by atoms with E-state index in [1.54, 1.807) is 0 Å². The van der Waals surface area contributed by atoms with Crippen molar-refractivity contribution in [2.45, 2.75) is 45.1 Å². The molecular weight excluding hydrogens is 298 g/mol. The maximum atomic E-state index is 12.4. The number of carbonyl (C=O) groups excluding carboxylic acids is 1. The highest BCUT2D eigenvalue weighted by Crippen LogP contribution is 2.59. The summed E-state index contributed by atoms with van der Waals surface area (Å²) in [7, 11) is 4.05. The number of carbonyl (C=O) groups is 1. The predicted octanol–water partition coefficient (Wildman–Crippen LogP) is 2.37. The fourth-order valence-electron chi connectivity index (χ4n) is 5.87. The van der Waals surface area contributed by atoms with Gasteiger partial charge in [0.05, 0.1) is 0 Å². The van der Waals surface area contributed by atoms with Gasteiger partial charge in [-0.05, 0) is 61.7 Å². The average molecular weight is 328 g/mol. The molecular formula is C20H30N3O+. The van der Waals surface area contributed by atoms with Crippen LogP contribution >= 0.6 is 0 Å². The van der Waals surface area contributed by atoms with E-state index < -0.39 is 0 Å². The van der Waals surface area contributed by atoms with E-state index in [1.165, 1.54) is 38.5 Å². The second kappa shape index (κ2) is 6.05. The molecule has 24 heavy (non-hydrogen) atoms. The Morgan fingerprint density at radius 2 is 1.67 bits per heavy atom. The molecule has 4 saturated carbocycles. The van der Waals surface area contributed by atoms with Crippen molar-refractivity contribution in [2.75, 3.05) is 25.5 Å². The fraction of sp³-hybridized carbons (Fsp3) is 0.700. The summed E-state index contributed by atoms with van der Waals surface area (Å²) in [4.78, 5) is 14.4. The van der Waals surface area contributed by atoms with E-state index in [0.29, 0.717) is 12.0 Å². The van der Waals surface area contributed by atoms with Crippen LogP contribution in [0.1, 0.15) is 38.5 Å². The molecule has 0 saturated heterocycles. The molecule has 4 aliphatic rings. The molecule has 1 heterocycles. The van der Waals surface area contributed by atoms with Crippen LogP contribution in [0.3, 0.4) is 0 Å². The number of rotatable bonds is 5. The van der Waals surface area contributed by atoms with Gasteiger partial charge in [0.15, 0.2) is 12.4 Å². The lowest BCUT2D eigenvalue weighted by Crippen LogP contribution is -2.52. The lowest BCUT2D eigenvalue weighted by atomic mass is 9.49. The molecule has 0 radical (unpaired) electrons. The summed E-state index contributed by atoms with van der Waals surface area (Å²) in [5.74, 6) is 2.98. The minimum absolute atomic E-state index is 0.147. The smallest absolute Gasteiger partial charge is 0.286 e. The summed E-state index contributed by atoms with van der Waals surface area (Å²) in [6.07, 6.45) is 12.4. The third kappa shape index (κ3) is 3.15. The molecule has 130 valence electrons. The number of pyridine rings is 1. The highest BCUT2D eigenvalue weighted by molar-refractivity contribution is 5.74. The van der Waals surface area contributed by atoms with Gasteiger partial charge in [-0.15, -0.1) is 0 Å². The number of hydrogen-bond donors (Lipinski definition) is 1. The number of anilines is 1. The molecule has 4 fully saturated rings. The van der Waals surface area contributed by atoms with Crippen molar-refractivity contribution in [2.24, 2.45) is 23.2 Å². The maximum absolute atomic E-state index is 12.4. The van der Waals surface area contributed by atoms with Crippen molar-refractivity contribution < 1.29 is 9.36 Å². The Kier molecular flexibility index (Phi) is 4.01. The van der Waals surface area contributed by atoms with Crippen molar-refractivity contribution in [3.63, 3.8) is 0 Å². The number of nitrogens with one attached hydrogen (secondary N) is 1. The van der Waals surface area contributed by atoms with E-state index >= 15 is 0 Å². The molecule has 4 heteroatoms. The van der Waals surface area contributed by atoms with Crippen molar-refractivity contribution in [3.05, 3.63) is 24.5 Å². The van der Waals surface area contributed by atoms with Crippen molar-refractivity contribution in [1.29, 1.82) is 0 Å². The minimum Gasteiger partial charge on any atom is -0.377 e. The molecule has 1 amide bonds. The summed E-state index contributed by atoms with van der Waals surface area (Å²) < 4.78 is 1.96.